The predicted molar refractivity (Wildman–Crippen MR) is 200 cm³/mol. The van der Waals surface area contributed by atoms with Crippen molar-refractivity contribution in [2.24, 2.45) is 0 Å². The summed E-state index contributed by atoms with van der Waals surface area (Å²) in [5, 5.41) is 9.49. The molecule has 4 aromatic heterocycles. The van der Waals surface area contributed by atoms with E-state index in [-0.39, 0.29) is 0 Å². The lowest BCUT2D eigenvalue weighted by molar-refractivity contribution is 0.667. The second-order valence-electron chi connectivity index (χ2n) is 12.7. The Balaban J connectivity index is 1.32. The Morgan fingerprint density at radius 1 is 0.435 bits per heavy atom. The summed E-state index contributed by atoms with van der Waals surface area (Å²) in [6.07, 6.45) is 4.70. The summed E-state index contributed by atoms with van der Waals surface area (Å²) in [5.41, 5.74) is 9.59. The van der Waals surface area contributed by atoms with E-state index >= 15 is 0 Å². The normalized spacial score (nSPS) is 13.7. The van der Waals surface area contributed by atoms with E-state index in [0.29, 0.717) is 0 Å². The van der Waals surface area contributed by atoms with Crippen LogP contribution in [-0.2, 0) is 12.8 Å². The molecule has 1 aliphatic carbocycles. The molecule has 0 N–H and O–H groups in total. The van der Waals surface area contributed by atoms with E-state index in [4.69, 9.17) is 0 Å². The minimum Gasteiger partial charge on any atom is -0.312 e. The van der Waals surface area contributed by atoms with Crippen LogP contribution in [0.1, 0.15) is 24.1 Å². The average Bonchev–Trinajstić information content (AvgIpc) is 3.86. The van der Waals surface area contributed by atoms with E-state index in [1.165, 1.54) is 109 Å². The molecule has 2 nitrogen and oxygen atoms in total. The molecule has 11 rings (SSSR count). The van der Waals surface area contributed by atoms with Gasteiger partial charge in [-0.1, -0.05) is 84.9 Å². The lowest BCUT2D eigenvalue weighted by Crippen LogP contribution is -2.07. The SMILES string of the molecule is c1ccc2c(c1)sc1c(-n3c4c(c5c3ccc3c6ccccc6n(-c6cccc7c6sc6ccccc67)c35)CCCC4)cccc12. The van der Waals surface area contributed by atoms with Gasteiger partial charge in [0.2, 0.25) is 0 Å². The van der Waals surface area contributed by atoms with Crippen LogP contribution < -0.4 is 0 Å². The number of aryl methyl sites for hydroxylation is 1. The van der Waals surface area contributed by atoms with Crippen LogP contribution in [0.4, 0.5) is 0 Å². The van der Waals surface area contributed by atoms with Crippen molar-refractivity contribution in [3.63, 3.8) is 0 Å². The van der Waals surface area contributed by atoms with Crippen molar-refractivity contribution in [3.8, 4) is 11.4 Å². The molecule has 0 saturated carbocycles. The first-order valence-corrected chi connectivity index (χ1v) is 17.9. The number of fused-ring (bicyclic) bond motifs is 13. The van der Waals surface area contributed by atoms with Gasteiger partial charge in [0.25, 0.3) is 0 Å². The molecule has 0 unspecified atom stereocenters. The molecule has 46 heavy (non-hydrogen) atoms. The summed E-state index contributed by atoms with van der Waals surface area (Å²) in [6.45, 7) is 0. The van der Waals surface area contributed by atoms with Gasteiger partial charge in [-0.3, -0.25) is 0 Å². The summed E-state index contributed by atoms with van der Waals surface area (Å²) < 4.78 is 10.7. The monoisotopic (exact) mass is 624 g/mol. The molecule has 10 aromatic rings. The zero-order chi connectivity index (χ0) is 29.9. The Morgan fingerprint density at radius 3 is 1.74 bits per heavy atom. The Bertz CT molecular complexity index is 2870. The van der Waals surface area contributed by atoms with Crippen molar-refractivity contribution in [1.29, 1.82) is 0 Å². The van der Waals surface area contributed by atoms with E-state index in [9.17, 15) is 0 Å². The minimum atomic E-state index is 1.11. The second-order valence-corrected chi connectivity index (χ2v) is 14.8. The van der Waals surface area contributed by atoms with E-state index in [0.717, 1.165) is 12.8 Å². The fourth-order valence-corrected chi connectivity index (χ4v) is 10.8. The Kier molecular flexibility index (Phi) is 5.13. The third-order valence-electron chi connectivity index (χ3n) is 10.3. The maximum Gasteiger partial charge on any atom is 0.0641 e. The highest BCUT2D eigenvalue weighted by molar-refractivity contribution is 7.26. The van der Waals surface area contributed by atoms with Gasteiger partial charge in [-0.05, 0) is 67.6 Å². The van der Waals surface area contributed by atoms with Crippen LogP contribution in [0.3, 0.4) is 0 Å². The van der Waals surface area contributed by atoms with Gasteiger partial charge < -0.3 is 9.13 Å². The molecule has 0 atom stereocenters. The van der Waals surface area contributed by atoms with Crippen LogP contribution in [0.2, 0.25) is 0 Å². The number of hydrogen-bond donors (Lipinski definition) is 0. The van der Waals surface area contributed by atoms with Crippen LogP contribution in [0, 0.1) is 0 Å². The van der Waals surface area contributed by atoms with Crippen molar-refractivity contribution < 1.29 is 0 Å². The number of benzene rings is 6. The molecule has 4 heterocycles. The Morgan fingerprint density at radius 2 is 1.02 bits per heavy atom. The minimum absolute atomic E-state index is 1.11. The standard InChI is InChI=1S/C42H28N2S2/c1-5-17-32-25(11-1)28-23-24-34-39(40(28)44(32)36-20-10-16-30-27-13-4-8-22-38(27)46-42(30)36)31-14-2-6-18-33(31)43(34)35-19-9-15-29-26-12-3-7-21-37(26)45-41(29)35/h1,3-5,7-13,15-17,19-24H,2,6,14,18H2. The van der Waals surface area contributed by atoms with Gasteiger partial charge in [-0.15, -0.1) is 22.7 Å². The molecule has 0 bridgehead atoms. The van der Waals surface area contributed by atoms with Crippen molar-refractivity contribution in [2.45, 2.75) is 25.7 Å². The number of thiophene rings is 2. The Hall–Kier alpha value is -4.90. The van der Waals surface area contributed by atoms with Gasteiger partial charge in [0.1, 0.15) is 0 Å². The molecule has 6 aromatic carbocycles. The Labute approximate surface area is 273 Å². The van der Waals surface area contributed by atoms with E-state index in [2.05, 4.69) is 130 Å². The molecule has 0 amide bonds. The molecule has 0 saturated heterocycles. The average molecular weight is 625 g/mol. The van der Waals surface area contributed by atoms with Crippen molar-refractivity contribution in [2.75, 3.05) is 0 Å². The van der Waals surface area contributed by atoms with Gasteiger partial charge in [0, 0.05) is 52.8 Å². The zero-order valence-electron chi connectivity index (χ0n) is 25.1. The van der Waals surface area contributed by atoms with E-state index in [1.807, 2.05) is 22.7 Å². The van der Waals surface area contributed by atoms with E-state index < -0.39 is 0 Å². The van der Waals surface area contributed by atoms with Gasteiger partial charge in [0.05, 0.1) is 37.3 Å². The highest BCUT2D eigenvalue weighted by Crippen LogP contribution is 2.47. The summed E-state index contributed by atoms with van der Waals surface area (Å²) in [4.78, 5) is 0. The molecule has 4 heteroatoms. The highest BCUT2D eigenvalue weighted by Gasteiger charge is 2.27. The quantitative estimate of drug-likeness (QED) is 0.181. The molecule has 0 radical (unpaired) electrons. The smallest absolute Gasteiger partial charge is 0.0641 e. The molecule has 0 fully saturated rings. The summed E-state index contributed by atoms with van der Waals surface area (Å²) in [5.74, 6) is 0. The number of hydrogen-bond acceptors (Lipinski definition) is 2. The lowest BCUT2D eigenvalue weighted by Gasteiger charge is -2.16. The molecule has 1 aliphatic rings. The summed E-state index contributed by atoms with van der Waals surface area (Å²) >= 11 is 3.85. The first kappa shape index (κ1) is 25.3. The summed E-state index contributed by atoms with van der Waals surface area (Å²) in [6, 6.07) is 45.4. The summed E-state index contributed by atoms with van der Waals surface area (Å²) in [7, 11) is 0. The number of aromatic nitrogens is 2. The molecule has 0 spiro atoms. The molecular formula is C42H28N2S2. The third-order valence-corrected chi connectivity index (χ3v) is 12.7. The van der Waals surface area contributed by atoms with Crippen LogP contribution in [0.25, 0.3) is 84.4 Å². The highest BCUT2D eigenvalue weighted by atomic mass is 32.1. The van der Waals surface area contributed by atoms with Crippen LogP contribution in [0.5, 0.6) is 0 Å². The fourth-order valence-electron chi connectivity index (χ4n) is 8.42. The largest absolute Gasteiger partial charge is 0.312 e. The first-order chi connectivity index (χ1) is 22.8. The van der Waals surface area contributed by atoms with Crippen LogP contribution in [-0.4, -0.2) is 9.13 Å². The van der Waals surface area contributed by atoms with Crippen molar-refractivity contribution in [1.82, 2.24) is 9.13 Å². The fraction of sp³-hybridized carbons (Fsp3) is 0.0952. The number of para-hydroxylation sites is 1. The number of nitrogens with zero attached hydrogens (tertiary/aromatic N) is 2. The van der Waals surface area contributed by atoms with Crippen LogP contribution in [0.15, 0.2) is 121 Å². The van der Waals surface area contributed by atoms with Gasteiger partial charge in [0.15, 0.2) is 0 Å². The predicted octanol–water partition coefficient (Wildman–Crippen LogP) is 12.3. The molecular weight excluding hydrogens is 597 g/mol. The molecule has 0 aliphatic heterocycles. The van der Waals surface area contributed by atoms with Crippen molar-refractivity contribution in [3.05, 3.63) is 133 Å². The topological polar surface area (TPSA) is 9.86 Å². The van der Waals surface area contributed by atoms with Crippen molar-refractivity contribution >= 4 is 95.7 Å². The van der Waals surface area contributed by atoms with E-state index in [1.54, 1.807) is 0 Å². The first-order valence-electron chi connectivity index (χ1n) is 16.2. The maximum atomic E-state index is 2.64. The van der Waals surface area contributed by atoms with Gasteiger partial charge >= 0.3 is 0 Å². The lowest BCUT2D eigenvalue weighted by atomic mass is 9.94. The maximum absolute atomic E-state index is 2.64. The zero-order valence-corrected chi connectivity index (χ0v) is 26.7. The van der Waals surface area contributed by atoms with Crippen LogP contribution >= 0.6 is 22.7 Å². The number of rotatable bonds is 2. The molecule has 218 valence electrons. The third kappa shape index (κ3) is 3.25. The second kappa shape index (κ2) is 9.32. The van der Waals surface area contributed by atoms with Gasteiger partial charge in [-0.25, -0.2) is 0 Å². The van der Waals surface area contributed by atoms with Gasteiger partial charge in [-0.2, -0.15) is 0 Å².